The largest absolute Gasteiger partial charge is 0.357 e. The molecule has 0 aliphatic heterocycles. The van der Waals surface area contributed by atoms with E-state index in [0.29, 0.717) is 6.04 Å². The lowest BCUT2D eigenvalue weighted by Crippen LogP contribution is -2.38. The van der Waals surface area contributed by atoms with Crippen LogP contribution in [0.5, 0.6) is 0 Å². The van der Waals surface area contributed by atoms with E-state index in [4.69, 9.17) is 11.6 Å². The first kappa shape index (κ1) is 13.2. The standard InChI is InChI=1S/C14H20ClN3/c1-2-16-14(18-12-7-8-12)17-10-9-11-5-3-4-6-13(11)15/h3-6,12H,2,7-10H2,1H3,(H2,16,17,18). The third-order valence-electron chi connectivity index (χ3n) is 2.87. The molecule has 0 atom stereocenters. The molecule has 1 aromatic carbocycles. The van der Waals surface area contributed by atoms with Crippen molar-refractivity contribution in [1.29, 1.82) is 0 Å². The molecule has 0 saturated heterocycles. The van der Waals surface area contributed by atoms with Gasteiger partial charge in [-0.05, 0) is 37.8 Å². The van der Waals surface area contributed by atoms with Crippen molar-refractivity contribution in [1.82, 2.24) is 10.6 Å². The van der Waals surface area contributed by atoms with Crippen LogP contribution >= 0.6 is 11.6 Å². The SMILES string of the molecule is CCNC(=NCCc1ccccc1Cl)NC1CC1. The summed E-state index contributed by atoms with van der Waals surface area (Å²) >= 11 is 6.12. The van der Waals surface area contributed by atoms with Crippen LogP contribution in [-0.4, -0.2) is 25.1 Å². The molecule has 98 valence electrons. The molecule has 18 heavy (non-hydrogen) atoms. The fraction of sp³-hybridized carbons (Fsp3) is 0.500. The Hall–Kier alpha value is -1.22. The van der Waals surface area contributed by atoms with Gasteiger partial charge in [-0.25, -0.2) is 0 Å². The molecule has 4 heteroatoms. The average Bonchev–Trinajstić information content (AvgIpc) is 3.16. The quantitative estimate of drug-likeness (QED) is 0.634. The molecule has 0 amide bonds. The van der Waals surface area contributed by atoms with Gasteiger partial charge in [-0.15, -0.1) is 0 Å². The van der Waals surface area contributed by atoms with E-state index in [1.165, 1.54) is 12.8 Å². The van der Waals surface area contributed by atoms with Crippen LogP contribution in [0.2, 0.25) is 5.02 Å². The van der Waals surface area contributed by atoms with Crippen molar-refractivity contribution < 1.29 is 0 Å². The third-order valence-corrected chi connectivity index (χ3v) is 3.24. The summed E-state index contributed by atoms with van der Waals surface area (Å²) in [6, 6.07) is 8.57. The predicted molar refractivity (Wildman–Crippen MR) is 77.3 cm³/mol. The highest BCUT2D eigenvalue weighted by molar-refractivity contribution is 6.31. The van der Waals surface area contributed by atoms with E-state index < -0.39 is 0 Å². The molecule has 1 aliphatic rings. The molecular weight excluding hydrogens is 246 g/mol. The summed E-state index contributed by atoms with van der Waals surface area (Å²) in [5.74, 6) is 0.923. The molecule has 2 rings (SSSR count). The zero-order chi connectivity index (χ0) is 12.8. The molecule has 1 fully saturated rings. The average molecular weight is 266 g/mol. The van der Waals surface area contributed by atoms with Crippen LogP contribution in [0, 0.1) is 0 Å². The van der Waals surface area contributed by atoms with Gasteiger partial charge in [0.15, 0.2) is 5.96 Å². The molecule has 3 nitrogen and oxygen atoms in total. The van der Waals surface area contributed by atoms with E-state index in [0.717, 1.165) is 36.1 Å². The maximum atomic E-state index is 6.12. The number of aliphatic imine (C=N–C) groups is 1. The highest BCUT2D eigenvalue weighted by Gasteiger charge is 2.21. The summed E-state index contributed by atoms with van der Waals surface area (Å²) < 4.78 is 0. The number of hydrogen-bond donors (Lipinski definition) is 2. The first-order valence-corrected chi connectivity index (χ1v) is 6.95. The van der Waals surface area contributed by atoms with Crippen LogP contribution < -0.4 is 10.6 Å². The maximum Gasteiger partial charge on any atom is 0.191 e. The highest BCUT2D eigenvalue weighted by Crippen LogP contribution is 2.18. The van der Waals surface area contributed by atoms with Crippen LogP contribution in [0.3, 0.4) is 0 Å². The van der Waals surface area contributed by atoms with Gasteiger partial charge in [0.2, 0.25) is 0 Å². The van der Waals surface area contributed by atoms with Gasteiger partial charge >= 0.3 is 0 Å². The molecule has 0 aromatic heterocycles. The molecule has 0 radical (unpaired) electrons. The Kier molecular flexibility index (Phi) is 4.88. The first-order chi connectivity index (χ1) is 8.79. The van der Waals surface area contributed by atoms with Crippen LogP contribution in [-0.2, 0) is 6.42 Å². The number of nitrogens with one attached hydrogen (secondary N) is 2. The Labute approximate surface area is 114 Å². The molecule has 2 N–H and O–H groups in total. The van der Waals surface area contributed by atoms with Crippen LogP contribution in [0.15, 0.2) is 29.3 Å². The highest BCUT2D eigenvalue weighted by atomic mass is 35.5. The van der Waals surface area contributed by atoms with Gasteiger partial charge in [0.25, 0.3) is 0 Å². The first-order valence-electron chi connectivity index (χ1n) is 6.58. The van der Waals surface area contributed by atoms with Crippen LogP contribution in [0.4, 0.5) is 0 Å². The number of hydrogen-bond acceptors (Lipinski definition) is 1. The minimum atomic E-state index is 0.628. The zero-order valence-corrected chi connectivity index (χ0v) is 11.5. The molecule has 1 aromatic rings. The minimum Gasteiger partial charge on any atom is -0.357 e. The lowest BCUT2D eigenvalue weighted by atomic mass is 10.1. The summed E-state index contributed by atoms with van der Waals surface area (Å²) in [6.45, 7) is 3.73. The fourth-order valence-electron chi connectivity index (χ4n) is 1.73. The number of guanidine groups is 1. The smallest absolute Gasteiger partial charge is 0.191 e. The normalized spacial score (nSPS) is 15.6. The van der Waals surface area contributed by atoms with Crippen molar-refractivity contribution in [3.8, 4) is 0 Å². The Balaban J connectivity index is 1.85. The van der Waals surface area contributed by atoms with Crippen molar-refractivity contribution in [3.63, 3.8) is 0 Å². The maximum absolute atomic E-state index is 6.12. The Bertz CT molecular complexity index is 413. The topological polar surface area (TPSA) is 36.4 Å². The summed E-state index contributed by atoms with van der Waals surface area (Å²) in [6.07, 6.45) is 3.39. The van der Waals surface area contributed by atoms with E-state index in [1.54, 1.807) is 0 Å². The predicted octanol–water partition coefficient (Wildman–Crippen LogP) is 2.60. The molecule has 1 aliphatic carbocycles. The monoisotopic (exact) mass is 265 g/mol. The van der Waals surface area contributed by atoms with E-state index in [2.05, 4.69) is 28.6 Å². The molecule has 0 unspecified atom stereocenters. The van der Waals surface area contributed by atoms with Crippen molar-refractivity contribution in [3.05, 3.63) is 34.9 Å². The van der Waals surface area contributed by atoms with E-state index in [1.807, 2.05) is 18.2 Å². The second kappa shape index (κ2) is 6.64. The van der Waals surface area contributed by atoms with Crippen molar-refractivity contribution in [2.75, 3.05) is 13.1 Å². The van der Waals surface area contributed by atoms with Gasteiger partial charge < -0.3 is 10.6 Å². The number of nitrogens with zero attached hydrogens (tertiary/aromatic N) is 1. The van der Waals surface area contributed by atoms with Gasteiger partial charge in [-0.3, -0.25) is 4.99 Å². The molecule has 0 heterocycles. The van der Waals surface area contributed by atoms with Gasteiger partial charge in [-0.2, -0.15) is 0 Å². The Morgan fingerprint density at radius 1 is 1.39 bits per heavy atom. The summed E-state index contributed by atoms with van der Waals surface area (Å²) in [4.78, 5) is 4.57. The van der Waals surface area contributed by atoms with E-state index >= 15 is 0 Å². The van der Waals surface area contributed by atoms with Gasteiger partial charge in [0, 0.05) is 24.2 Å². The molecule has 0 bridgehead atoms. The van der Waals surface area contributed by atoms with Crippen molar-refractivity contribution in [2.45, 2.75) is 32.2 Å². The van der Waals surface area contributed by atoms with Crippen molar-refractivity contribution in [2.24, 2.45) is 4.99 Å². The summed E-state index contributed by atoms with van der Waals surface area (Å²) in [5, 5.41) is 7.49. The van der Waals surface area contributed by atoms with E-state index in [-0.39, 0.29) is 0 Å². The van der Waals surface area contributed by atoms with E-state index in [9.17, 15) is 0 Å². The number of halogens is 1. The second-order valence-corrected chi connectivity index (χ2v) is 4.93. The summed E-state index contributed by atoms with van der Waals surface area (Å²) in [7, 11) is 0. The molecule has 0 spiro atoms. The lowest BCUT2D eigenvalue weighted by Gasteiger charge is -2.10. The van der Waals surface area contributed by atoms with Crippen LogP contribution in [0.25, 0.3) is 0 Å². The lowest BCUT2D eigenvalue weighted by molar-refractivity contribution is 0.808. The van der Waals surface area contributed by atoms with Gasteiger partial charge in [-0.1, -0.05) is 29.8 Å². The molecule has 1 saturated carbocycles. The van der Waals surface area contributed by atoms with Gasteiger partial charge in [0.05, 0.1) is 0 Å². The van der Waals surface area contributed by atoms with Crippen molar-refractivity contribution >= 4 is 17.6 Å². The number of rotatable bonds is 5. The molecular formula is C14H20ClN3. The Morgan fingerprint density at radius 2 is 2.17 bits per heavy atom. The summed E-state index contributed by atoms with van der Waals surface area (Å²) in [5.41, 5.74) is 1.16. The minimum absolute atomic E-state index is 0.628. The van der Waals surface area contributed by atoms with Gasteiger partial charge in [0.1, 0.15) is 0 Å². The second-order valence-electron chi connectivity index (χ2n) is 4.52. The fourth-order valence-corrected chi connectivity index (χ4v) is 1.96. The number of benzene rings is 1. The zero-order valence-electron chi connectivity index (χ0n) is 10.7. The van der Waals surface area contributed by atoms with Crippen LogP contribution in [0.1, 0.15) is 25.3 Å². The third kappa shape index (κ3) is 4.22. The Morgan fingerprint density at radius 3 is 2.83 bits per heavy atom.